The normalized spacial score (nSPS) is 10.4. The summed E-state index contributed by atoms with van der Waals surface area (Å²) in [5.41, 5.74) is 4.05. The molecular formula is C15H16S. The van der Waals surface area contributed by atoms with Crippen molar-refractivity contribution in [2.24, 2.45) is 0 Å². The highest BCUT2D eigenvalue weighted by molar-refractivity contribution is 7.98. The summed E-state index contributed by atoms with van der Waals surface area (Å²) in [7, 11) is 0. The van der Waals surface area contributed by atoms with Gasteiger partial charge >= 0.3 is 0 Å². The monoisotopic (exact) mass is 228 g/mol. The second kappa shape index (κ2) is 5.22. The van der Waals surface area contributed by atoms with Gasteiger partial charge in [-0.1, -0.05) is 47.5 Å². The largest absolute Gasteiger partial charge is 0.121 e. The zero-order chi connectivity index (χ0) is 11.4. The Morgan fingerprint density at radius 3 is 2.31 bits per heavy atom. The molecule has 0 saturated heterocycles. The van der Waals surface area contributed by atoms with Crippen molar-refractivity contribution >= 4 is 11.8 Å². The van der Waals surface area contributed by atoms with E-state index in [-0.39, 0.29) is 0 Å². The van der Waals surface area contributed by atoms with E-state index in [2.05, 4.69) is 62.4 Å². The summed E-state index contributed by atoms with van der Waals surface area (Å²) in [5, 5.41) is 0. The molecule has 0 aliphatic rings. The third-order valence-electron chi connectivity index (χ3n) is 2.51. The van der Waals surface area contributed by atoms with E-state index in [1.54, 1.807) is 0 Å². The van der Waals surface area contributed by atoms with Crippen LogP contribution in [0, 0.1) is 13.8 Å². The third-order valence-corrected chi connectivity index (χ3v) is 3.59. The van der Waals surface area contributed by atoms with Crippen molar-refractivity contribution < 1.29 is 0 Å². The molecule has 0 aliphatic carbocycles. The summed E-state index contributed by atoms with van der Waals surface area (Å²) < 4.78 is 0. The fourth-order valence-electron chi connectivity index (χ4n) is 1.60. The van der Waals surface area contributed by atoms with E-state index < -0.39 is 0 Å². The molecule has 0 amide bonds. The Morgan fingerprint density at radius 1 is 0.875 bits per heavy atom. The molecule has 0 spiro atoms. The van der Waals surface area contributed by atoms with Crippen molar-refractivity contribution in [1.29, 1.82) is 0 Å². The van der Waals surface area contributed by atoms with Crippen LogP contribution in [-0.4, -0.2) is 0 Å². The molecule has 0 nitrogen and oxygen atoms in total. The molecule has 82 valence electrons. The average molecular weight is 228 g/mol. The molecule has 0 N–H and O–H groups in total. The minimum atomic E-state index is 1.05. The predicted molar refractivity (Wildman–Crippen MR) is 71.9 cm³/mol. The lowest BCUT2D eigenvalue weighted by Gasteiger charge is -2.03. The molecule has 1 heteroatoms. The third kappa shape index (κ3) is 3.14. The Morgan fingerprint density at radius 2 is 1.62 bits per heavy atom. The topological polar surface area (TPSA) is 0 Å². The molecule has 2 aromatic rings. The van der Waals surface area contributed by atoms with E-state index in [9.17, 15) is 0 Å². The molecule has 0 unspecified atom stereocenters. The van der Waals surface area contributed by atoms with Crippen molar-refractivity contribution in [2.45, 2.75) is 24.5 Å². The molecule has 0 bridgehead atoms. The quantitative estimate of drug-likeness (QED) is 0.692. The van der Waals surface area contributed by atoms with Gasteiger partial charge in [-0.05, 0) is 31.5 Å². The molecule has 2 aromatic carbocycles. The van der Waals surface area contributed by atoms with Gasteiger partial charge in [0.2, 0.25) is 0 Å². The highest BCUT2D eigenvalue weighted by Gasteiger charge is 1.96. The second-order valence-electron chi connectivity index (χ2n) is 4.09. The maximum absolute atomic E-state index is 2.25. The highest BCUT2D eigenvalue weighted by atomic mass is 32.2. The fraction of sp³-hybridized carbons (Fsp3) is 0.200. The Hall–Kier alpha value is -1.21. The van der Waals surface area contributed by atoms with Crippen molar-refractivity contribution in [3.8, 4) is 0 Å². The molecule has 16 heavy (non-hydrogen) atoms. The fourth-order valence-corrected chi connectivity index (χ4v) is 2.44. The van der Waals surface area contributed by atoms with Gasteiger partial charge in [-0.15, -0.1) is 11.8 Å². The van der Waals surface area contributed by atoms with E-state index >= 15 is 0 Å². The number of hydrogen-bond acceptors (Lipinski definition) is 1. The van der Waals surface area contributed by atoms with Crippen LogP contribution in [-0.2, 0) is 5.75 Å². The maximum atomic E-state index is 2.25. The van der Waals surface area contributed by atoms with E-state index in [0.29, 0.717) is 0 Å². The van der Waals surface area contributed by atoms with Gasteiger partial charge < -0.3 is 0 Å². The van der Waals surface area contributed by atoms with Gasteiger partial charge in [-0.25, -0.2) is 0 Å². The minimum absolute atomic E-state index is 1.05. The molecule has 0 aliphatic heterocycles. The van der Waals surface area contributed by atoms with Gasteiger partial charge in [-0.3, -0.25) is 0 Å². The minimum Gasteiger partial charge on any atom is -0.121 e. The molecule has 0 atom stereocenters. The molecule has 0 heterocycles. The van der Waals surface area contributed by atoms with Crippen molar-refractivity contribution in [2.75, 3.05) is 0 Å². The standard InChI is InChI=1S/C15H16S/c1-12-6-8-15(9-7-12)16-11-14-5-3-4-13(2)10-14/h3-10H,11H2,1-2H3. The zero-order valence-electron chi connectivity index (χ0n) is 9.73. The van der Waals surface area contributed by atoms with Gasteiger partial charge in [0.05, 0.1) is 0 Å². The van der Waals surface area contributed by atoms with Crippen LogP contribution in [0.15, 0.2) is 53.4 Å². The lowest BCUT2D eigenvalue weighted by Crippen LogP contribution is -1.82. The molecule has 0 fully saturated rings. The van der Waals surface area contributed by atoms with Gasteiger partial charge in [-0.2, -0.15) is 0 Å². The van der Waals surface area contributed by atoms with E-state index in [0.717, 1.165) is 5.75 Å². The number of thioether (sulfide) groups is 1. The Bertz CT molecular complexity index is 457. The van der Waals surface area contributed by atoms with Crippen LogP contribution in [0.25, 0.3) is 0 Å². The summed E-state index contributed by atoms with van der Waals surface area (Å²) >= 11 is 1.89. The Kier molecular flexibility index (Phi) is 3.68. The molecule has 0 aromatic heterocycles. The number of aryl methyl sites for hydroxylation is 2. The van der Waals surface area contributed by atoms with Gasteiger partial charge in [0.15, 0.2) is 0 Å². The van der Waals surface area contributed by atoms with Crippen molar-refractivity contribution in [3.05, 3.63) is 65.2 Å². The first kappa shape index (κ1) is 11.3. The summed E-state index contributed by atoms with van der Waals surface area (Å²) in [6, 6.07) is 17.4. The van der Waals surface area contributed by atoms with Crippen LogP contribution in [0.4, 0.5) is 0 Å². The Balaban J connectivity index is 1.99. The van der Waals surface area contributed by atoms with E-state index in [1.165, 1.54) is 21.6 Å². The molecule has 0 saturated carbocycles. The van der Waals surface area contributed by atoms with Crippen LogP contribution in [0.1, 0.15) is 16.7 Å². The van der Waals surface area contributed by atoms with E-state index in [4.69, 9.17) is 0 Å². The Labute approximate surface area is 102 Å². The van der Waals surface area contributed by atoms with Crippen LogP contribution in [0.5, 0.6) is 0 Å². The lowest BCUT2D eigenvalue weighted by atomic mass is 10.2. The number of benzene rings is 2. The van der Waals surface area contributed by atoms with Crippen LogP contribution in [0.2, 0.25) is 0 Å². The van der Waals surface area contributed by atoms with E-state index in [1.807, 2.05) is 11.8 Å². The average Bonchev–Trinajstić information content (AvgIpc) is 2.28. The van der Waals surface area contributed by atoms with Crippen LogP contribution in [0.3, 0.4) is 0 Å². The molecule has 2 rings (SSSR count). The van der Waals surface area contributed by atoms with Gasteiger partial charge in [0.25, 0.3) is 0 Å². The van der Waals surface area contributed by atoms with Crippen molar-refractivity contribution in [1.82, 2.24) is 0 Å². The van der Waals surface area contributed by atoms with Crippen molar-refractivity contribution in [3.63, 3.8) is 0 Å². The first-order chi connectivity index (χ1) is 7.74. The number of rotatable bonds is 3. The molecular weight excluding hydrogens is 212 g/mol. The van der Waals surface area contributed by atoms with Gasteiger partial charge in [0.1, 0.15) is 0 Å². The van der Waals surface area contributed by atoms with Gasteiger partial charge in [0, 0.05) is 10.6 Å². The first-order valence-corrected chi connectivity index (χ1v) is 6.47. The summed E-state index contributed by atoms with van der Waals surface area (Å²) in [6.45, 7) is 4.26. The summed E-state index contributed by atoms with van der Waals surface area (Å²) in [6.07, 6.45) is 0. The molecule has 0 radical (unpaired) electrons. The van der Waals surface area contributed by atoms with Crippen LogP contribution < -0.4 is 0 Å². The first-order valence-electron chi connectivity index (χ1n) is 5.49. The maximum Gasteiger partial charge on any atom is 0.0232 e. The smallest absolute Gasteiger partial charge is 0.0232 e. The summed E-state index contributed by atoms with van der Waals surface area (Å²) in [5.74, 6) is 1.05. The SMILES string of the molecule is Cc1ccc(SCc2cccc(C)c2)cc1. The lowest BCUT2D eigenvalue weighted by molar-refractivity contribution is 1.33. The zero-order valence-corrected chi connectivity index (χ0v) is 10.6. The highest BCUT2D eigenvalue weighted by Crippen LogP contribution is 2.23. The second-order valence-corrected chi connectivity index (χ2v) is 5.14. The van der Waals surface area contributed by atoms with Crippen LogP contribution >= 0.6 is 11.8 Å². The predicted octanol–water partition coefficient (Wildman–Crippen LogP) is 4.60. The summed E-state index contributed by atoms with van der Waals surface area (Å²) in [4.78, 5) is 1.34. The number of hydrogen-bond donors (Lipinski definition) is 0.